The lowest BCUT2D eigenvalue weighted by atomic mass is 10.2. The van der Waals surface area contributed by atoms with Crippen molar-refractivity contribution in [1.82, 2.24) is 0 Å². The molecule has 1 unspecified atom stereocenters. The zero-order valence-electron chi connectivity index (χ0n) is 8.21. The van der Waals surface area contributed by atoms with Gasteiger partial charge in [0, 0.05) is 6.61 Å². The van der Waals surface area contributed by atoms with Gasteiger partial charge in [-0.15, -0.1) is 6.58 Å². The summed E-state index contributed by atoms with van der Waals surface area (Å²) in [5.74, 6) is 0. The Balaban J connectivity index is 2.95. The van der Waals surface area contributed by atoms with Crippen LogP contribution in [0.3, 0.4) is 0 Å². The highest BCUT2D eigenvalue weighted by Gasteiger charge is 1.96. The summed E-state index contributed by atoms with van der Waals surface area (Å²) < 4.78 is 10.4. The Hall–Kier alpha value is -0.123. The minimum atomic E-state index is -0.00364. The Labute approximate surface area is 78.5 Å². The van der Waals surface area contributed by atoms with Crippen molar-refractivity contribution in [3.63, 3.8) is 0 Å². The molecule has 0 aromatic carbocycles. The molecular weight excluding hydrogens is 168 g/mol. The molecule has 0 heterocycles. The van der Waals surface area contributed by atoms with Crippen LogP contribution in [0.15, 0.2) is 12.7 Å². The van der Waals surface area contributed by atoms with Crippen LogP contribution in [0.5, 0.6) is 0 Å². The Kier molecular flexibility index (Phi) is 8.88. The second-order valence-electron chi connectivity index (χ2n) is 2.81. The molecule has 0 rings (SSSR count). The van der Waals surface area contributed by atoms with E-state index in [-0.39, 0.29) is 6.29 Å². The Bertz CT molecular complexity index is 107. The number of rotatable bonds is 8. The first-order valence-electron chi connectivity index (χ1n) is 4.56. The van der Waals surface area contributed by atoms with Crippen molar-refractivity contribution in [2.75, 3.05) is 6.61 Å². The highest BCUT2D eigenvalue weighted by atomic mass is 28.2. The van der Waals surface area contributed by atoms with E-state index in [0.29, 0.717) is 0 Å². The predicted octanol–water partition coefficient (Wildman–Crippen LogP) is 1.39. The average molecular weight is 188 g/mol. The summed E-state index contributed by atoms with van der Waals surface area (Å²) in [6.45, 7) is 6.43. The standard InChI is InChI=1S/C9H20O2Si/c1-3-4-5-6-7-8-10-9(2)11-12/h3,9H,1,4-8H2,2,12H3. The number of unbranched alkanes of at least 4 members (excludes halogenated alkanes) is 3. The van der Waals surface area contributed by atoms with Crippen LogP contribution in [0.4, 0.5) is 0 Å². The van der Waals surface area contributed by atoms with E-state index in [4.69, 9.17) is 9.16 Å². The average Bonchev–Trinajstić information content (AvgIpc) is 2.10. The van der Waals surface area contributed by atoms with Gasteiger partial charge in [-0.1, -0.05) is 12.5 Å². The van der Waals surface area contributed by atoms with E-state index in [0.717, 1.165) is 29.9 Å². The largest absolute Gasteiger partial charge is 0.404 e. The van der Waals surface area contributed by atoms with E-state index in [9.17, 15) is 0 Å². The fraction of sp³-hybridized carbons (Fsp3) is 0.778. The first-order valence-corrected chi connectivity index (χ1v) is 5.38. The molecule has 72 valence electrons. The van der Waals surface area contributed by atoms with Crippen molar-refractivity contribution in [1.29, 1.82) is 0 Å². The molecule has 0 N–H and O–H groups in total. The Morgan fingerprint density at radius 1 is 1.42 bits per heavy atom. The van der Waals surface area contributed by atoms with Crippen LogP contribution >= 0.6 is 0 Å². The van der Waals surface area contributed by atoms with Gasteiger partial charge in [-0.2, -0.15) is 0 Å². The third kappa shape index (κ3) is 7.98. The maximum absolute atomic E-state index is 5.36. The minimum Gasteiger partial charge on any atom is -0.404 e. The molecule has 0 aliphatic carbocycles. The molecule has 0 amide bonds. The van der Waals surface area contributed by atoms with Gasteiger partial charge in [0.15, 0.2) is 0 Å². The van der Waals surface area contributed by atoms with Crippen LogP contribution in [0.1, 0.15) is 32.6 Å². The molecule has 0 fully saturated rings. The summed E-state index contributed by atoms with van der Waals surface area (Å²) in [6, 6.07) is 0. The molecule has 1 atom stereocenters. The van der Waals surface area contributed by atoms with Gasteiger partial charge >= 0.3 is 0 Å². The molecule has 0 bridgehead atoms. The van der Waals surface area contributed by atoms with Crippen LogP contribution in [0.2, 0.25) is 0 Å². The van der Waals surface area contributed by atoms with Crippen LogP contribution in [0, 0.1) is 0 Å². The molecule has 0 saturated carbocycles. The number of allylic oxidation sites excluding steroid dienone is 1. The van der Waals surface area contributed by atoms with Crippen molar-refractivity contribution in [3.05, 3.63) is 12.7 Å². The molecule has 0 aromatic rings. The minimum absolute atomic E-state index is 0.00364. The van der Waals surface area contributed by atoms with Gasteiger partial charge < -0.3 is 9.16 Å². The van der Waals surface area contributed by atoms with Crippen molar-refractivity contribution >= 4 is 10.5 Å². The lowest BCUT2D eigenvalue weighted by molar-refractivity contribution is -0.0638. The summed E-state index contributed by atoms with van der Waals surface area (Å²) in [7, 11) is 0.755. The highest BCUT2D eigenvalue weighted by Crippen LogP contribution is 2.01. The molecule has 12 heavy (non-hydrogen) atoms. The zero-order valence-corrected chi connectivity index (χ0v) is 10.2. The van der Waals surface area contributed by atoms with Gasteiger partial charge in [0.05, 0.1) is 0 Å². The van der Waals surface area contributed by atoms with Crippen molar-refractivity contribution in [2.24, 2.45) is 0 Å². The molecule has 0 spiro atoms. The predicted molar refractivity (Wildman–Crippen MR) is 55.1 cm³/mol. The number of hydrogen-bond donors (Lipinski definition) is 0. The maximum Gasteiger partial charge on any atom is 0.149 e. The number of hydrogen-bond acceptors (Lipinski definition) is 2. The second kappa shape index (κ2) is 8.97. The van der Waals surface area contributed by atoms with Crippen LogP contribution in [0.25, 0.3) is 0 Å². The molecule has 2 nitrogen and oxygen atoms in total. The first kappa shape index (κ1) is 11.9. The topological polar surface area (TPSA) is 18.5 Å². The Morgan fingerprint density at radius 3 is 2.75 bits per heavy atom. The summed E-state index contributed by atoms with van der Waals surface area (Å²) in [6.07, 6.45) is 6.65. The summed E-state index contributed by atoms with van der Waals surface area (Å²) >= 11 is 0. The van der Waals surface area contributed by atoms with E-state index in [1.165, 1.54) is 12.8 Å². The van der Waals surface area contributed by atoms with Gasteiger partial charge in [-0.25, -0.2) is 0 Å². The summed E-state index contributed by atoms with van der Waals surface area (Å²) in [5.41, 5.74) is 0. The monoisotopic (exact) mass is 188 g/mol. The lowest BCUT2D eigenvalue weighted by Gasteiger charge is -2.10. The third-order valence-corrected chi connectivity index (χ3v) is 2.40. The van der Waals surface area contributed by atoms with Crippen LogP contribution < -0.4 is 0 Å². The fourth-order valence-corrected chi connectivity index (χ4v) is 1.02. The first-order chi connectivity index (χ1) is 5.81. The third-order valence-electron chi connectivity index (χ3n) is 1.74. The van der Waals surface area contributed by atoms with Gasteiger partial charge in [-0.05, 0) is 26.2 Å². The molecule has 3 heteroatoms. The van der Waals surface area contributed by atoms with Gasteiger partial charge in [0.2, 0.25) is 0 Å². The molecule has 0 aliphatic heterocycles. The molecular formula is C9H20O2Si. The second-order valence-corrected chi connectivity index (χ2v) is 3.28. The lowest BCUT2D eigenvalue weighted by Crippen LogP contribution is -2.11. The van der Waals surface area contributed by atoms with E-state index in [1.807, 2.05) is 13.0 Å². The smallest absolute Gasteiger partial charge is 0.149 e. The van der Waals surface area contributed by atoms with Crippen LogP contribution in [-0.2, 0) is 9.16 Å². The fourth-order valence-electron chi connectivity index (χ4n) is 0.885. The van der Waals surface area contributed by atoms with Crippen molar-refractivity contribution in [3.8, 4) is 0 Å². The summed E-state index contributed by atoms with van der Waals surface area (Å²) in [5, 5.41) is 0. The summed E-state index contributed by atoms with van der Waals surface area (Å²) in [4.78, 5) is 0. The van der Waals surface area contributed by atoms with Crippen molar-refractivity contribution in [2.45, 2.75) is 38.9 Å². The van der Waals surface area contributed by atoms with E-state index >= 15 is 0 Å². The van der Waals surface area contributed by atoms with E-state index in [1.54, 1.807) is 0 Å². The highest BCUT2D eigenvalue weighted by molar-refractivity contribution is 5.98. The van der Waals surface area contributed by atoms with E-state index in [2.05, 4.69) is 6.58 Å². The number of ether oxygens (including phenoxy) is 1. The molecule has 0 radical (unpaired) electrons. The van der Waals surface area contributed by atoms with Crippen LogP contribution in [-0.4, -0.2) is 23.4 Å². The van der Waals surface area contributed by atoms with Crippen molar-refractivity contribution < 1.29 is 9.16 Å². The quantitative estimate of drug-likeness (QED) is 0.248. The Morgan fingerprint density at radius 2 is 2.17 bits per heavy atom. The van der Waals surface area contributed by atoms with Gasteiger partial charge in [-0.3, -0.25) is 0 Å². The van der Waals surface area contributed by atoms with Gasteiger partial charge in [0.1, 0.15) is 16.8 Å². The SMILES string of the molecule is C=CCCCCCOC(C)O[SiH3]. The molecule has 0 saturated heterocycles. The zero-order chi connectivity index (χ0) is 9.23. The maximum atomic E-state index is 5.36. The van der Waals surface area contributed by atoms with E-state index < -0.39 is 0 Å². The normalized spacial score (nSPS) is 13.1. The molecule has 0 aromatic heterocycles. The molecule has 0 aliphatic rings. The van der Waals surface area contributed by atoms with Gasteiger partial charge in [0.25, 0.3) is 0 Å².